The Bertz CT molecular complexity index is 388. The van der Waals surface area contributed by atoms with E-state index >= 15 is 0 Å². The van der Waals surface area contributed by atoms with Crippen LogP contribution < -0.4 is 5.48 Å². The lowest BCUT2D eigenvalue weighted by Crippen LogP contribution is -2.22. The fourth-order valence-corrected chi connectivity index (χ4v) is 1.47. The first-order valence-electron chi connectivity index (χ1n) is 5.18. The molecule has 1 aromatic rings. The van der Waals surface area contributed by atoms with E-state index in [1.54, 1.807) is 0 Å². The van der Waals surface area contributed by atoms with Crippen LogP contribution in [0.4, 0.5) is 0 Å². The van der Waals surface area contributed by atoms with Gasteiger partial charge < -0.3 is 0 Å². The molecule has 0 fully saturated rings. The standard InChI is InChI=1S/C12H15NO3/c1-2-9-4-3-5-10(6-9)7-11(14)8-12(15)13-16/h3-6,16H,2,7-8H2,1H3,(H,13,15). The maximum absolute atomic E-state index is 11.4. The zero-order valence-corrected chi connectivity index (χ0v) is 9.19. The van der Waals surface area contributed by atoms with Crippen molar-refractivity contribution in [3.05, 3.63) is 35.4 Å². The minimum Gasteiger partial charge on any atom is -0.299 e. The molecule has 0 heterocycles. The van der Waals surface area contributed by atoms with Crippen molar-refractivity contribution < 1.29 is 14.8 Å². The summed E-state index contributed by atoms with van der Waals surface area (Å²) in [5.74, 6) is -0.878. The number of nitrogens with one attached hydrogen (secondary N) is 1. The van der Waals surface area contributed by atoms with Gasteiger partial charge in [0.05, 0.1) is 6.42 Å². The van der Waals surface area contributed by atoms with Crippen LogP contribution in [-0.4, -0.2) is 16.9 Å². The van der Waals surface area contributed by atoms with Crippen molar-refractivity contribution >= 4 is 11.7 Å². The average molecular weight is 221 g/mol. The van der Waals surface area contributed by atoms with E-state index in [1.807, 2.05) is 31.2 Å². The number of amides is 1. The van der Waals surface area contributed by atoms with Crippen LogP contribution in [0, 0.1) is 0 Å². The quantitative estimate of drug-likeness (QED) is 0.447. The second-order valence-electron chi connectivity index (χ2n) is 3.60. The van der Waals surface area contributed by atoms with Crippen LogP contribution in [0.2, 0.25) is 0 Å². The number of carbonyl (C=O) groups excluding carboxylic acids is 2. The molecule has 0 atom stereocenters. The molecule has 1 amide bonds. The van der Waals surface area contributed by atoms with E-state index in [1.165, 1.54) is 5.48 Å². The van der Waals surface area contributed by atoms with Gasteiger partial charge in [-0.05, 0) is 17.5 Å². The number of Topliss-reactive ketones (excluding diaryl/α,β-unsaturated/α-hetero) is 1. The monoisotopic (exact) mass is 221 g/mol. The van der Waals surface area contributed by atoms with Gasteiger partial charge in [0.15, 0.2) is 0 Å². The van der Waals surface area contributed by atoms with Crippen LogP contribution in [0.1, 0.15) is 24.5 Å². The zero-order chi connectivity index (χ0) is 12.0. The fourth-order valence-electron chi connectivity index (χ4n) is 1.47. The van der Waals surface area contributed by atoms with Crippen LogP contribution in [-0.2, 0) is 22.4 Å². The normalized spacial score (nSPS) is 9.88. The highest BCUT2D eigenvalue weighted by Crippen LogP contribution is 2.07. The lowest BCUT2D eigenvalue weighted by atomic mass is 10.0. The Kier molecular flexibility index (Phi) is 4.66. The van der Waals surface area contributed by atoms with E-state index in [0.717, 1.165) is 17.5 Å². The maximum atomic E-state index is 11.4. The van der Waals surface area contributed by atoms with E-state index in [9.17, 15) is 9.59 Å². The van der Waals surface area contributed by atoms with Gasteiger partial charge in [-0.15, -0.1) is 0 Å². The first-order chi connectivity index (χ1) is 7.65. The summed E-state index contributed by atoms with van der Waals surface area (Å²) in [6.45, 7) is 2.04. The predicted octanol–water partition coefficient (Wildman–Crippen LogP) is 1.26. The maximum Gasteiger partial charge on any atom is 0.250 e. The summed E-state index contributed by atoms with van der Waals surface area (Å²) in [7, 11) is 0. The molecule has 4 nitrogen and oxygen atoms in total. The van der Waals surface area contributed by atoms with Gasteiger partial charge in [0.1, 0.15) is 5.78 Å². The summed E-state index contributed by atoms with van der Waals surface area (Å²) >= 11 is 0. The molecule has 0 spiro atoms. The third kappa shape index (κ3) is 3.82. The largest absolute Gasteiger partial charge is 0.299 e. The SMILES string of the molecule is CCc1cccc(CC(=O)CC(=O)NO)c1. The van der Waals surface area contributed by atoms with Gasteiger partial charge in [0.2, 0.25) is 0 Å². The zero-order valence-electron chi connectivity index (χ0n) is 9.19. The van der Waals surface area contributed by atoms with Crippen molar-refractivity contribution in [1.29, 1.82) is 0 Å². The smallest absolute Gasteiger partial charge is 0.250 e. The molecule has 86 valence electrons. The second-order valence-corrected chi connectivity index (χ2v) is 3.60. The van der Waals surface area contributed by atoms with Crippen molar-refractivity contribution in [2.45, 2.75) is 26.2 Å². The molecule has 0 unspecified atom stereocenters. The van der Waals surface area contributed by atoms with Gasteiger partial charge in [0, 0.05) is 6.42 Å². The summed E-state index contributed by atoms with van der Waals surface area (Å²) in [6.07, 6.45) is 0.854. The highest BCUT2D eigenvalue weighted by atomic mass is 16.5. The summed E-state index contributed by atoms with van der Waals surface area (Å²) < 4.78 is 0. The number of ketones is 1. The molecular formula is C12H15NO3. The van der Waals surface area contributed by atoms with E-state index in [4.69, 9.17) is 5.21 Å². The van der Waals surface area contributed by atoms with E-state index in [0.29, 0.717) is 0 Å². The summed E-state index contributed by atoms with van der Waals surface area (Å²) in [5.41, 5.74) is 3.51. The van der Waals surface area contributed by atoms with Crippen LogP contribution >= 0.6 is 0 Å². The number of carbonyl (C=O) groups is 2. The molecule has 0 bridgehead atoms. The molecule has 0 aliphatic heterocycles. The van der Waals surface area contributed by atoms with Gasteiger partial charge in [-0.25, -0.2) is 5.48 Å². The minimum absolute atomic E-state index is 0.209. The third-order valence-electron chi connectivity index (χ3n) is 2.28. The Morgan fingerprint density at radius 2 is 2.00 bits per heavy atom. The van der Waals surface area contributed by atoms with E-state index < -0.39 is 5.91 Å². The van der Waals surface area contributed by atoms with E-state index in [-0.39, 0.29) is 18.6 Å². The molecule has 0 aliphatic carbocycles. The van der Waals surface area contributed by atoms with Crippen LogP contribution in [0.5, 0.6) is 0 Å². The van der Waals surface area contributed by atoms with Crippen molar-refractivity contribution in [2.75, 3.05) is 0 Å². The van der Waals surface area contributed by atoms with Gasteiger partial charge >= 0.3 is 0 Å². The average Bonchev–Trinajstić information content (AvgIpc) is 2.28. The Morgan fingerprint density at radius 1 is 1.31 bits per heavy atom. The number of hydrogen-bond donors (Lipinski definition) is 2. The number of aryl methyl sites for hydroxylation is 1. The molecule has 16 heavy (non-hydrogen) atoms. The van der Waals surface area contributed by atoms with Gasteiger partial charge in [-0.1, -0.05) is 31.2 Å². The first-order valence-corrected chi connectivity index (χ1v) is 5.18. The van der Waals surface area contributed by atoms with Crippen molar-refractivity contribution in [3.8, 4) is 0 Å². The minimum atomic E-state index is -0.670. The molecule has 0 radical (unpaired) electrons. The molecule has 0 aliphatic rings. The lowest BCUT2D eigenvalue weighted by molar-refractivity contribution is -0.133. The van der Waals surface area contributed by atoms with Crippen molar-refractivity contribution in [2.24, 2.45) is 0 Å². The van der Waals surface area contributed by atoms with Crippen LogP contribution in [0.25, 0.3) is 0 Å². The van der Waals surface area contributed by atoms with E-state index in [2.05, 4.69) is 0 Å². The first kappa shape index (κ1) is 12.4. The second kappa shape index (κ2) is 6.02. The molecule has 1 rings (SSSR count). The predicted molar refractivity (Wildman–Crippen MR) is 59.1 cm³/mol. The molecule has 0 saturated heterocycles. The molecule has 0 saturated carbocycles. The number of benzene rings is 1. The lowest BCUT2D eigenvalue weighted by Gasteiger charge is -2.02. The molecular weight excluding hydrogens is 206 g/mol. The van der Waals surface area contributed by atoms with Crippen LogP contribution in [0.3, 0.4) is 0 Å². The summed E-state index contributed by atoms with van der Waals surface area (Å²) in [4.78, 5) is 22.2. The Morgan fingerprint density at radius 3 is 2.62 bits per heavy atom. The van der Waals surface area contributed by atoms with Gasteiger partial charge in [-0.3, -0.25) is 14.8 Å². The van der Waals surface area contributed by atoms with Gasteiger partial charge in [-0.2, -0.15) is 0 Å². The number of hydrogen-bond acceptors (Lipinski definition) is 3. The Labute approximate surface area is 94.2 Å². The molecule has 0 aromatic heterocycles. The number of rotatable bonds is 5. The molecule has 4 heteroatoms. The topological polar surface area (TPSA) is 66.4 Å². The summed E-state index contributed by atoms with van der Waals surface area (Å²) in [6, 6.07) is 7.70. The Balaban J connectivity index is 2.59. The highest BCUT2D eigenvalue weighted by molar-refractivity contribution is 5.98. The van der Waals surface area contributed by atoms with Crippen LogP contribution in [0.15, 0.2) is 24.3 Å². The summed E-state index contributed by atoms with van der Waals surface area (Å²) in [5, 5.41) is 8.28. The highest BCUT2D eigenvalue weighted by Gasteiger charge is 2.09. The van der Waals surface area contributed by atoms with Crippen molar-refractivity contribution in [1.82, 2.24) is 5.48 Å². The Hall–Kier alpha value is -1.68. The molecule has 1 aromatic carbocycles. The molecule has 2 N–H and O–H groups in total. The third-order valence-corrected chi connectivity index (χ3v) is 2.28. The number of hydroxylamine groups is 1. The fraction of sp³-hybridized carbons (Fsp3) is 0.333. The van der Waals surface area contributed by atoms with Crippen molar-refractivity contribution in [3.63, 3.8) is 0 Å². The van der Waals surface area contributed by atoms with Gasteiger partial charge in [0.25, 0.3) is 5.91 Å².